The third-order valence-electron chi connectivity index (χ3n) is 4.20. The number of nitrogen functional groups attached to an aromatic ring is 1. The second-order valence-corrected chi connectivity index (χ2v) is 7.81. The van der Waals surface area contributed by atoms with Crippen molar-refractivity contribution in [1.29, 1.82) is 0 Å². The number of aryl methyl sites for hydroxylation is 1. The highest BCUT2D eigenvalue weighted by atomic mass is 16.6. The standard InChI is InChI=1S/C21H31N5O2/c1-14-9-8-10-16(15(14)2)17-13-18(26-19(22)25-17)23-11-6-7-12-24-20(27)28-21(3,4)5/h8-10,13H,6-7,11-12H2,1-5H3,(H,24,27)(H3,22,23,25,26). The van der Waals surface area contributed by atoms with Crippen LogP contribution in [0.1, 0.15) is 44.7 Å². The van der Waals surface area contributed by atoms with Crippen LogP contribution in [0.5, 0.6) is 0 Å². The van der Waals surface area contributed by atoms with Gasteiger partial charge in [-0.05, 0) is 58.6 Å². The van der Waals surface area contributed by atoms with Crippen molar-refractivity contribution in [2.75, 3.05) is 24.1 Å². The number of ether oxygens (including phenoxy) is 1. The van der Waals surface area contributed by atoms with Gasteiger partial charge in [-0.1, -0.05) is 18.2 Å². The Morgan fingerprint density at radius 2 is 1.86 bits per heavy atom. The molecule has 1 aromatic heterocycles. The van der Waals surface area contributed by atoms with Crippen molar-refractivity contribution in [2.24, 2.45) is 0 Å². The van der Waals surface area contributed by atoms with Crippen molar-refractivity contribution < 1.29 is 9.53 Å². The molecule has 0 aliphatic rings. The van der Waals surface area contributed by atoms with Crippen molar-refractivity contribution in [2.45, 2.75) is 53.1 Å². The maximum atomic E-state index is 11.6. The minimum Gasteiger partial charge on any atom is -0.444 e. The van der Waals surface area contributed by atoms with Crippen LogP contribution in [0.3, 0.4) is 0 Å². The number of anilines is 2. The zero-order valence-corrected chi connectivity index (χ0v) is 17.4. The fourth-order valence-corrected chi connectivity index (χ4v) is 2.69. The Labute approximate surface area is 167 Å². The van der Waals surface area contributed by atoms with E-state index >= 15 is 0 Å². The summed E-state index contributed by atoms with van der Waals surface area (Å²) in [5.41, 5.74) is 9.67. The molecule has 28 heavy (non-hydrogen) atoms. The number of carbonyl (C=O) groups is 1. The summed E-state index contributed by atoms with van der Waals surface area (Å²) in [5.74, 6) is 0.941. The van der Waals surface area contributed by atoms with E-state index in [1.54, 1.807) is 0 Å². The molecule has 0 spiro atoms. The van der Waals surface area contributed by atoms with E-state index in [0.29, 0.717) is 12.4 Å². The molecule has 0 aliphatic heterocycles. The van der Waals surface area contributed by atoms with Crippen LogP contribution < -0.4 is 16.4 Å². The highest BCUT2D eigenvalue weighted by Crippen LogP contribution is 2.26. The Morgan fingerprint density at radius 1 is 1.14 bits per heavy atom. The SMILES string of the molecule is Cc1cccc(-c2cc(NCCCCNC(=O)OC(C)(C)C)nc(N)n2)c1C. The lowest BCUT2D eigenvalue weighted by Gasteiger charge is -2.19. The fourth-order valence-electron chi connectivity index (χ4n) is 2.69. The van der Waals surface area contributed by atoms with E-state index < -0.39 is 5.60 Å². The topological polar surface area (TPSA) is 102 Å². The van der Waals surface area contributed by atoms with E-state index in [-0.39, 0.29) is 12.0 Å². The number of nitrogens with one attached hydrogen (secondary N) is 2. The molecule has 0 bridgehead atoms. The lowest BCUT2D eigenvalue weighted by Crippen LogP contribution is -2.33. The number of nitrogens with zero attached hydrogens (tertiary/aromatic N) is 2. The first-order valence-corrected chi connectivity index (χ1v) is 9.57. The molecule has 2 aromatic rings. The van der Waals surface area contributed by atoms with E-state index in [2.05, 4.69) is 40.5 Å². The van der Waals surface area contributed by atoms with Gasteiger partial charge in [0.25, 0.3) is 0 Å². The molecule has 0 saturated carbocycles. The van der Waals surface area contributed by atoms with Crippen LogP contribution in [0.4, 0.5) is 16.6 Å². The number of rotatable bonds is 7. The summed E-state index contributed by atoms with van der Waals surface area (Å²) in [7, 11) is 0. The van der Waals surface area contributed by atoms with Crippen LogP contribution in [0.25, 0.3) is 11.3 Å². The molecule has 1 heterocycles. The third-order valence-corrected chi connectivity index (χ3v) is 4.20. The number of hydrogen-bond donors (Lipinski definition) is 3. The summed E-state index contributed by atoms with van der Waals surface area (Å²) in [5, 5.41) is 6.04. The Kier molecular flexibility index (Phi) is 7.20. The Morgan fingerprint density at radius 3 is 2.57 bits per heavy atom. The van der Waals surface area contributed by atoms with Gasteiger partial charge in [0.15, 0.2) is 0 Å². The van der Waals surface area contributed by atoms with Gasteiger partial charge in [-0.25, -0.2) is 9.78 Å². The van der Waals surface area contributed by atoms with Crippen molar-refractivity contribution in [3.05, 3.63) is 35.4 Å². The Balaban J connectivity index is 1.84. The summed E-state index contributed by atoms with van der Waals surface area (Å²) in [6.07, 6.45) is 1.32. The maximum Gasteiger partial charge on any atom is 0.407 e. The zero-order chi connectivity index (χ0) is 20.7. The smallest absolute Gasteiger partial charge is 0.407 e. The summed E-state index contributed by atoms with van der Waals surface area (Å²) in [6, 6.07) is 8.04. The molecule has 7 nitrogen and oxygen atoms in total. The minimum atomic E-state index is -0.480. The van der Waals surface area contributed by atoms with Gasteiger partial charge < -0.3 is 21.1 Å². The van der Waals surface area contributed by atoms with E-state index in [4.69, 9.17) is 10.5 Å². The molecular formula is C21H31N5O2. The quantitative estimate of drug-likeness (QED) is 0.621. The largest absolute Gasteiger partial charge is 0.444 e. The van der Waals surface area contributed by atoms with Gasteiger partial charge in [-0.15, -0.1) is 0 Å². The van der Waals surface area contributed by atoms with Crippen LogP contribution in [0.2, 0.25) is 0 Å². The first-order chi connectivity index (χ1) is 13.2. The maximum absolute atomic E-state index is 11.6. The van der Waals surface area contributed by atoms with Gasteiger partial charge in [-0.2, -0.15) is 4.98 Å². The number of amides is 1. The molecule has 0 unspecified atom stereocenters. The third kappa shape index (κ3) is 6.72. The normalized spacial score (nSPS) is 11.2. The van der Waals surface area contributed by atoms with Crippen molar-refractivity contribution >= 4 is 17.9 Å². The lowest BCUT2D eigenvalue weighted by atomic mass is 10.0. The summed E-state index contributed by atoms with van der Waals surface area (Å²) < 4.78 is 5.20. The average molecular weight is 386 g/mol. The molecule has 0 aliphatic carbocycles. The van der Waals surface area contributed by atoms with Crippen LogP contribution >= 0.6 is 0 Å². The summed E-state index contributed by atoms with van der Waals surface area (Å²) in [4.78, 5) is 20.2. The molecule has 0 fully saturated rings. The second kappa shape index (κ2) is 9.39. The molecule has 2 rings (SSSR count). The van der Waals surface area contributed by atoms with Gasteiger partial charge in [0.2, 0.25) is 5.95 Å². The van der Waals surface area contributed by atoms with Crippen LogP contribution in [0, 0.1) is 13.8 Å². The van der Waals surface area contributed by atoms with Gasteiger partial charge in [0.05, 0.1) is 5.69 Å². The van der Waals surface area contributed by atoms with E-state index in [9.17, 15) is 4.79 Å². The highest BCUT2D eigenvalue weighted by Gasteiger charge is 2.15. The van der Waals surface area contributed by atoms with Crippen molar-refractivity contribution in [1.82, 2.24) is 15.3 Å². The zero-order valence-electron chi connectivity index (χ0n) is 17.4. The van der Waals surface area contributed by atoms with Gasteiger partial charge in [-0.3, -0.25) is 0 Å². The van der Waals surface area contributed by atoms with Gasteiger partial charge in [0, 0.05) is 24.7 Å². The number of aromatic nitrogens is 2. The second-order valence-electron chi connectivity index (χ2n) is 7.81. The molecule has 0 radical (unpaired) electrons. The van der Waals surface area contributed by atoms with Crippen molar-refractivity contribution in [3.63, 3.8) is 0 Å². The summed E-state index contributed by atoms with van der Waals surface area (Å²) >= 11 is 0. The number of nitrogens with two attached hydrogens (primary N) is 1. The number of alkyl carbamates (subject to hydrolysis) is 1. The molecule has 1 aromatic carbocycles. The average Bonchev–Trinajstić information content (AvgIpc) is 2.58. The fraction of sp³-hybridized carbons (Fsp3) is 0.476. The van der Waals surface area contributed by atoms with Gasteiger partial charge >= 0.3 is 6.09 Å². The number of benzene rings is 1. The highest BCUT2D eigenvalue weighted by molar-refractivity contribution is 5.68. The molecule has 7 heteroatoms. The van der Waals surface area contributed by atoms with Crippen LogP contribution in [-0.2, 0) is 4.74 Å². The Bertz CT molecular complexity index is 815. The minimum absolute atomic E-state index is 0.243. The van der Waals surface area contributed by atoms with Gasteiger partial charge in [0.1, 0.15) is 11.4 Å². The monoisotopic (exact) mass is 385 g/mol. The van der Waals surface area contributed by atoms with E-state index in [0.717, 1.165) is 30.6 Å². The Hall–Kier alpha value is -2.83. The molecule has 1 amide bonds. The predicted octanol–water partition coefficient (Wildman–Crippen LogP) is 4.06. The van der Waals surface area contributed by atoms with E-state index in [1.165, 1.54) is 11.1 Å². The van der Waals surface area contributed by atoms with Crippen molar-refractivity contribution in [3.8, 4) is 11.3 Å². The first kappa shape index (κ1) is 21.5. The summed E-state index contributed by atoms with van der Waals surface area (Å²) in [6.45, 7) is 11.0. The molecule has 0 atom stereocenters. The number of hydrogen-bond acceptors (Lipinski definition) is 6. The number of carbonyl (C=O) groups excluding carboxylic acids is 1. The lowest BCUT2D eigenvalue weighted by molar-refractivity contribution is 0.0527. The predicted molar refractivity (Wildman–Crippen MR) is 113 cm³/mol. The first-order valence-electron chi connectivity index (χ1n) is 9.57. The molecule has 0 saturated heterocycles. The molecule has 152 valence electrons. The van der Waals surface area contributed by atoms with E-state index in [1.807, 2.05) is 39.0 Å². The molecule has 4 N–H and O–H groups in total. The van der Waals surface area contributed by atoms with Crippen LogP contribution in [0.15, 0.2) is 24.3 Å². The van der Waals surface area contributed by atoms with Crippen LogP contribution in [-0.4, -0.2) is 34.8 Å². The molecular weight excluding hydrogens is 354 g/mol. The number of unbranched alkanes of at least 4 members (excludes halogenated alkanes) is 1.